The second-order valence-corrected chi connectivity index (χ2v) is 5.33. The summed E-state index contributed by atoms with van der Waals surface area (Å²) in [4.78, 5) is 13.0. The van der Waals surface area contributed by atoms with Crippen molar-refractivity contribution < 1.29 is 14.3 Å². The van der Waals surface area contributed by atoms with Gasteiger partial charge in [-0.25, -0.2) is 0 Å². The lowest BCUT2D eigenvalue weighted by atomic mass is 10.0. The topological polar surface area (TPSA) is 53.7 Å². The van der Waals surface area contributed by atoms with Gasteiger partial charge in [-0.2, -0.15) is 0 Å². The number of carboxylic acid groups (broad SMARTS) is 1. The third-order valence-corrected chi connectivity index (χ3v) is 3.86. The van der Waals surface area contributed by atoms with E-state index in [1.807, 2.05) is 30.0 Å². The van der Waals surface area contributed by atoms with Gasteiger partial charge in [0.05, 0.1) is 12.6 Å². The van der Waals surface area contributed by atoms with Crippen LogP contribution in [0.25, 0.3) is 11.0 Å². The van der Waals surface area contributed by atoms with Gasteiger partial charge in [-0.3, -0.25) is 9.69 Å². The maximum absolute atomic E-state index is 11.1. The van der Waals surface area contributed by atoms with E-state index in [9.17, 15) is 4.79 Å². The molecule has 1 unspecified atom stereocenters. The molecule has 1 atom stereocenters. The van der Waals surface area contributed by atoms with Gasteiger partial charge in [-0.1, -0.05) is 32.0 Å². The molecule has 0 aliphatic rings. The molecule has 0 spiro atoms. The highest BCUT2D eigenvalue weighted by Crippen LogP contribution is 2.33. The number of carboxylic acids is 1. The Morgan fingerprint density at radius 3 is 2.67 bits per heavy atom. The van der Waals surface area contributed by atoms with Crippen LogP contribution in [0.1, 0.15) is 44.6 Å². The molecule has 2 rings (SSSR count). The highest BCUT2D eigenvalue weighted by atomic mass is 16.4. The zero-order chi connectivity index (χ0) is 15.4. The summed E-state index contributed by atoms with van der Waals surface area (Å²) >= 11 is 0. The van der Waals surface area contributed by atoms with Gasteiger partial charge in [-0.15, -0.1) is 0 Å². The van der Waals surface area contributed by atoms with E-state index >= 15 is 0 Å². The monoisotopic (exact) mass is 289 g/mol. The molecule has 0 aliphatic heterocycles. The van der Waals surface area contributed by atoms with Crippen molar-refractivity contribution in [1.82, 2.24) is 4.90 Å². The summed E-state index contributed by atoms with van der Waals surface area (Å²) in [5.74, 6) is 0.0952. The predicted octanol–water partition coefficient (Wildman–Crippen LogP) is 3.85. The van der Waals surface area contributed by atoms with Crippen molar-refractivity contribution in [1.29, 1.82) is 0 Å². The molecule has 0 radical (unpaired) electrons. The SMILES string of the molecule is CCCN(CC(=O)O)C(C)c1oc2ccccc2c1CC. The van der Waals surface area contributed by atoms with Crippen molar-refractivity contribution in [3.05, 3.63) is 35.6 Å². The fourth-order valence-electron chi connectivity index (χ4n) is 2.86. The van der Waals surface area contributed by atoms with Crippen molar-refractivity contribution in [3.63, 3.8) is 0 Å². The second kappa shape index (κ2) is 6.76. The molecule has 114 valence electrons. The molecule has 0 bridgehead atoms. The van der Waals surface area contributed by atoms with Crippen molar-refractivity contribution in [2.75, 3.05) is 13.1 Å². The van der Waals surface area contributed by atoms with E-state index in [-0.39, 0.29) is 12.6 Å². The number of furan rings is 1. The quantitative estimate of drug-likeness (QED) is 0.841. The molecule has 0 fully saturated rings. The van der Waals surface area contributed by atoms with Crippen LogP contribution in [0.15, 0.2) is 28.7 Å². The molecule has 0 saturated carbocycles. The molecule has 4 nitrogen and oxygen atoms in total. The number of aryl methyl sites for hydroxylation is 1. The number of benzene rings is 1. The molecular formula is C17H23NO3. The summed E-state index contributed by atoms with van der Waals surface area (Å²) in [5.41, 5.74) is 2.06. The Labute approximate surface area is 125 Å². The van der Waals surface area contributed by atoms with Crippen LogP contribution in [0.3, 0.4) is 0 Å². The maximum Gasteiger partial charge on any atom is 0.317 e. The zero-order valence-corrected chi connectivity index (χ0v) is 12.9. The minimum absolute atomic E-state index is 0.0369. The lowest BCUT2D eigenvalue weighted by Crippen LogP contribution is -2.33. The fourth-order valence-corrected chi connectivity index (χ4v) is 2.86. The van der Waals surface area contributed by atoms with Crippen LogP contribution >= 0.6 is 0 Å². The third kappa shape index (κ3) is 3.27. The van der Waals surface area contributed by atoms with Crippen molar-refractivity contribution >= 4 is 16.9 Å². The number of hydrogen-bond donors (Lipinski definition) is 1. The number of carbonyl (C=O) groups is 1. The van der Waals surface area contributed by atoms with Crippen LogP contribution in [-0.4, -0.2) is 29.1 Å². The summed E-state index contributed by atoms with van der Waals surface area (Å²) < 4.78 is 6.03. The smallest absolute Gasteiger partial charge is 0.317 e. The van der Waals surface area contributed by atoms with Gasteiger partial charge in [0.1, 0.15) is 11.3 Å². The summed E-state index contributed by atoms with van der Waals surface area (Å²) in [6, 6.07) is 7.96. The lowest BCUT2D eigenvalue weighted by molar-refractivity contribution is -0.139. The second-order valence-electron chi connectivity index (χ2n) is 5.33. The van der Waals surface area contributed by atoms with Gasteiger partial charge in [0.2, 0.25) is 0 Å². The van der Waals surface area contributed by atoms with Gasteiger partial charge in [0.15, 0.2) is 0 Å². The highest BCUT2D eigenvalue weighted by molar-refractivity contribution is 5.82. The normalized spacial score (nSPS) is 13.0. The molecule has 21 heavy (non-hydrogen) atoms. The number of aliphatic carboxylic acids is 1. The Morgan fingerprint density at radius 2 is 2.05 bits per heavy atom. The Kier molecular flexibility index (Phi) is 5.02. The third-order valence-electron chi connectivity index (χ3n) is 3.86. The summed E-state index contributed by atoms with van der Waals surface area (Å²) in [5, 5.41) is 10.2. The number of para-hydroxylation sites is 1. The average molecular weight is 289 g/mol. The molecule has 0 aliphatic carbocycles. The van der Waals surface area contributed by atoms with Crippen LogP contribution in [0.2, 0.25) is 0 Å². The molecule has 1 N–H and O–H groups in total. The van der Waals surface area contributed by atoms with Crippen LogP contribution in [0.5, 0.6) is 0 Å². The first kappa shape index (κ1) is 15.6. The average Bonchev–Trinajstić information content (AvgIpc) is 2.84. The molecule has 1 aromatic carbocycles. The predicted molar refractivity (Wildman–Crippen MR) is 83.5 cm³/mol. The number of hydrogen-bond acceptors (Lipinski definition) is 3. The molecular weight excluding hydrogens is 266 g/mol. The number of fused-ring (bicyclic) bond motifs is 1. The Balaban J connectivity index is 2.40. The van der Waals surface area contributed by atoms with Gasteiger partial charge < -0.3 is 9.52 Å². The molecule has 1 heterocycles. The van der Waals surface area contributed by atoms with Crippen LogP contribution in [0.4, 0.5) is 0 Å². The van der Waals surface area contributed by atoms with Crippen molar-refractivity contribution in [3.8, 4) is 0 Å². The maximum atomic E-state index is 11.1. The van der Waals surface area contributed by atoms with Gasteiger partial charge in [0.25, 0.3) is 0 Å². The van der Waals surface area contributed by atoms with Gasteiger partial charge in [-0.05, 0) is 32.4 Å². The number of nitrogens with zero attached hydrogens (tertiary/aromatic N) is 1. The standard InChI is InChI=1S/C17H23NO3/c1-4-10-18(11-16(19)20)12(3)17-13(5-2)14-8-6-7-9-15(14)21-17/h6-9,12H,4-5,10-11H2,1-3H3,(H,19,20). The molecule has 0 amide bonds. The zero-order valence-electron chi connectivity index (χ0n) is 12.9. The first-order valence-electron chi connectivity index (χ1n) is 7.54. The largest absolute Gasteiger partial charge is 0.480 e. The lowest BCUT2D eigenvalue weighted by Gasteiger charge is -2.26. The van der Waals surface area contributed by atoms with E-state index < -0.39 is 5.97 Å². The number of rotatable bonds is 7. The minimum atomic E-state index is -0.801. The van der Waals surface area contributed by atoms with Gasteiger partial charge >= 0.3 is 5.97 Å². The highest BCUT2D eigenvalue weighted by Gasteiger charge is 2.24. The first-order valence-corrected chi connectivity index (χ1v) is 7.54. The van der Waals surface area contributed by atoms with Crippen LogP contribution in [0, 0.1) is 0 Å². The van der Waals surface area contributed by atoms with E-state index in [1.165, 1.54) is 5.56 Å². The van der Waals surface area contributed by atoms with E-state index in [0.717, 1.165) is 36.1 Å². The minimum Gasteiger partial charge on any atom is -0.480 e. The van der Waals surface area contributed by atoms with Crippen molar-refractivity contribution in [2.24, 2.45) is 0 Å². The van der Waals surface area contributed by atoms with E-state index in [0.29, 0.717) is 0 Å². The van der Waals surface area contributed by atoms with E-state index in [1.54, 1.807) is 0 Å². The Morgan fingerprint density at radius 1 is 1.33 bits per heavy atom. The first-order chi connectivity index (χ1) is 10.1. The Bertz CT molecular complexity index is 618. The van der Waals surface area contributed by atoms with Crippen LogP contribution < -0.4 is 0 Å². The molecule has 2 aromatic rings. The van der Waals surface area contributed by atoms with E-state index in [2.05, 4.69) is 19.9 Å². The molecule has 1 aromatic heterocycles. The summed E-state index contributed by atoms with van der Waals surface area (Å²) in [6.45, 7) is 6.97. The summed E-state index contributed by atoms with van der Waals surface area (Å²) in [7, 11) is 0. The van der Waals surface area contributed by atoms with Gasteiger partial charge in [0, 0.05) is 10.9 Å². The summed E-state index contributed by atoms with van der Waals surface area (Å²) in [6.07, 6.45) is 1.79. The van der Waals surface area contributed by atoms with Crippen LogP contribution in [-0.2, 0) is 11.2 Å². The molecule has 0 saturated heterocycles. The Hall–Kier alpha value is -1.81. The van der Waals surface area contributed by atoms with E-state index in [4.69, 9.17) is 9.52 Å². The van der Waals surface area contributed by atoms with Crippen molar-refractivity contribution in [2.45, 2.75) is 39.7 Å². The molecule has 4 heteroatoms. The fraction of sp³-hybridized carbons (Fsp3) is 0.471.